The average Bonchev–Trinajstić information content (AvgIpc) is 3.04. The largest absolute Gasteiger partial charge is 0.335 e. The Bertz CT molecular complexity index is 988. The Labute approximate surface area is 135 Å². The number of rotatable bonds is 5. The number of aldehydes is 1. The fraction of sp³-hybridized carbons (Fsp3) is 0. The first kappa shape index (κ1) is 15.3. The molecule has 0 aliphatic heterocycles. The number of nitro groups is 1. The van der Waals surface area contributed by atoms with Gasteiger partial charge in [-0.2, -0.15) is 0 Å². The number of imidazole rings is 1. The molecule has 0 unspecified atom stereocenters. The third-order valence-electron chi connectivity index (χ3n) is 3.43. The summed E-state index contributed by atoms with van der Waals surface area (Å²) < 4.78 is 0. The third kappa shape index (κ3) is 2.82. The zero-order valence-corrected chi connectivity index (χ0v) is 12.3. The monoisotopic (exact) mass is 321 g/mol. The molecule has 3 rings (SSSR count). The molecule has 0 fully saturated rings. The summed E-state index contributed by atoms with van der Waals surface area (Å²) >= 11 is 0. The second-order valence-corrected chi connectivity index (χ2v) is 4.96. The number of allylic oxidation sites excluding steroid dienone is 1. The van der Waals surface area contributed by atoms with E-state index in [9.17, 15) is 19.7 Å². The van der Waals surface area contributed by atoms with Crippen LogP contribution in [0.15, 0.2) is 48.5 Å². The van der Waals surface area contributed by atoms with Gasteiger partial charge in [0, 0.05) is 23.3 Å². The fourth-order valence-corrected chi connectivity index (χ4v) is 2.34. The summed E-state index contributed by atoms with van der Waals surface area (Å²) in [6.07, 6.45) is 3.59. The Morgan fingerprint density at radius 1 is 1.21 bits per heavy atom. The lowest BCUT2D eigenvalue weighted by Gasteiger charge is -1.97. The Hall–Kier alpha value is -3.61. The van der Waals surface area contributed by atoms with E-state index in [2.05, 4.69) is 9.97 Å². The highest BCUT2D eigenvalue weighted by atomic mass is 16.6. The topological polar surface area (TPSA) is 106 Å². The van der Waals surface area contributed by atoms with Crippen LogP contribution in [0.4, 0.5) is 5.69 Å². The first-order valence-electron chi connectivity index (χ1n) is 7.00. The standard InChI is InChI=1S/C17H11N3O4/c21-9-3-6-11-4-2-8-14-15(11)19-17(18-14)16(22)12-5-1-7-13(10-12)20(23)24/h1-10H,(H,18,19)/b6-3+. The maximum absolute atomic E-state index is 12.5. The molecule has 2 aromatic carbocycles. The van der Waals surface area contributed by atoms with Gasteiger partial charge in [0.15, 0.2) is 5.82 Å². The van der Waals surface area contributed by atoms with E-state index in [-0.39, 0.29) is 17.1 Å². The van der Waals surface area contributed by atoms with E-state index >= 15 is 0 Å². The highest BCUT2D eigenvalue weighted by Gasteiger charge is 2.17. The van der Waals surface area contributed by atoms with Gasteiger partial charge in [-0.3, -0.25) is 19.7 Å². The highest BCUT2D eigenvalue weighted by molar-refractivity contribution is 6.08. The first-order valence-corrected chi connectivity index (χ1v) is 7.00. The van der Waals surface area contributed by atoms with Crippen molar-refractivity contribution in [2.75, 3.05) is 0 Å². The number of ketones is 1. The number of carbonyl (C=O) groups excluding carboxylic acids is 2. The van der Waals surface area contributed by atoms with Crippen LogP contribution >= 0.6 is 0 Å². The summed E-state index contributed by atoms with van der Waals surface area (Å²) in [6.45, 7) is 0. The van der Waals surface area contributed by atoms with E-state index in [4.69, 9.17) is 0 Å². The van der Waals surface area contributed by atoms with Gasteiger partial charge >= 0.3 is 0 Å². The number of non-ortho nitro benzene ring substituents is 1. The summed E-state index contributed by atoms with van der Waals surface area (Å²) in [6, 6.07) is 10.8. The molecule has 0 bridgehead atoms. The number of nitro benzene ring substituents is 1. The van der Waals surface area contributed by atoms with Crippen LogP contribution in [0.2, 0.25) is 0 Å². The van der Waals surface area contributed by atoms with Gasteiger partial charge in [-0.1, -0.05) is 24.3 Å². The Morgan fingerprint density at radius 2 is 2.00 bits per heavy atom. The highest BCUT2D eigenvalue weighted by Crippen LogP contribution is 2.20. The van der Waals surface area contributed by atoms with E-state index in [0.29, 0.717) is 22.9 Å². The van der Waals surface area contributed by atoms with Gasteiger partial charge < -0.3 is 4.98 Å². The van der Waals surface area contributed by atoms with E-state index in [1.807, 2.05) is 0 Å². The van der Waals surface area contributed by atoms with Crippen molar-refractivity contribution < 1.29 is 14.5 Å². The molecule has 0 aliphatic rings. The summed E-state index contributed by atoms with van der Waals surface area (Å²) in [5.74, 6) is -0.363. The molecule has 1 aromatic heterocycles. The molecule has 0 radical (unpaired) electrons. The van der Waals surface area contributed by atoms with E-state index < -0.39 is 10.7 Å². The van der Waals surface area contributed by atoms with Crippen molar-refractivity contribution >= 4 is 34.9 Å². The molecule has 0 amide bonds. The quantitative estimate of drug-likeness (QED) is 0.256. The molecule has 0 aliphatic carbocycles. The van der Waals surface area contributed by atoms with Crippen LogP contribution in [0, 0.1) is 10.1 Å². The van der Waals surface area contributed by atoms with Crippen LogP contribution in [0.3, 0.4) is 0 Å². The number of hydrogen-bond donors (Lipinski definition) is 1. The van der Waals surface area contributed by atoms with Crippen molar-refractivity contribution in [2.24, 2.45) is 0 Å². The number of H-pyrrole nitrogens is 1. The molecule has 1 N–H and O–H groups in total. The number of nitrogens with one attached hydrogen (secondary N) is 1. The Balaban J connectivity index is 2.05. The molecule has 0 saturated carbocycles. The fourth-order valence-electron chi connectivity index (χ4n) is 2.34. The second-order valence-electron chi connectivity index (χ2n) is 4.96. The molecule has 1 heterocycles. The van der Waals surface area contributed by atoms with Crippen LogP contribution in [0.5, 0.6) is 0 Å². The predicted molar refractivity (Wildman–Crippen MR) is 87.7 cm³/mol. The number of para-hydroxylation sites is 1. The first-order chi connectivity index (χ1) is 11.6. The van der Waals surface area contributed by atoms with Crippen LogP contribution in [-0.2, 0) is 4.79 Å². The molecule has 24 heavy (non-hydrogen) atoms. The van der Waals surface area contributed by atoms with Crippen LogP contribution < -0.4 is 0 Å². The SMILES string of the molecule is O=C/C=C/c1cccc2[nH]c(C(=O)c3cccc([N+](=O)[O-])c3)nc12. The summed E-state index contributed by atoms with van der Waals surface area (Å²) in [4.78, 5) is 40.5. The number of aromatic amines is 1. The maximum Gasteiger partial charge on any atom is 0.270 e. The van der Waals surface area contributed by atoms with E-state index in [1.54, 1.807) is 24.3 Å². The average molecular weight is 321 g/mol. The molecule has 0 atom stereocenters. The van der Waals surface area contributed by atoms with Crippen molar-refractivity contribution in [3.63, 3.8) is 0 Å². The molecule has 0 spiro atoms. The van der Waals surface area contributed by atoms with Gasteiger partial charge in [0.25, 0.3) is 5.69 Å². The third-order valence-corrected chi connectivity index (χ3v) is 3.43. The smallest absolute Gasteiger partial charge is 0.270 e. The van der Waals surface area contributed by atoms with Gasteiger partial charge in [-0.15, -0.1) is 0 Å². The summed E-state index contributed by atoms with van der Waals surface area (Å²) in [7, 11) is 0. The minimum Gasteiger partial charge on any atom is -0.335 e. The molecule has 7 heteroatoms. The van der Waals surface area contributed by atoms with Crippen LogP contribution in [0.1, 0.15) is 21.7 Å². The Morgan fingerprint density at radius 3 is 2.75 bits per heavy atom. The van der Waals surface area contributed by atoms with Crippen molar-refractivity contribution in [2.45, 2.75) is 0 Å². The van der Waals surface area contributed by atoms with Gasteiger partial charge in [0.05, 0.1) is 16.0 Å². The van der Waals surface area contributed by atoms with Gasteiger partial charge in [-0.05, 0) is 18.2 Å². The zero-order chi connectivity index (χ0) is 17.1. The van der Waals surface area contributed by atoms with Crippen LogP contribution in [-0.4, -0.2) is 27.0 Å². The Kier molecular flexibility index (Phi) is 3.98. The second kappa shape index (κ2) is 6.25. The van der Waals surface area contributed by atoms with Crippen molar-refractivity contribution in [1.82, 2.24) is 9.97 Å². The lowest BCUT2D eigenvalue weighted by molar-refractivity contribution is -0.384. The van der Waals surface area contributed by atoms with Crippen LogP contribution in [0.25, 0.3) is 17.1 Å². The molecule has 7 nitrogen and oxygen atoms in total. The number of carbonyl (C=O) groups is 2. The number of benzene rings is 2. The van der Waals surface area contributed by atoms with Gasteiger partial charge in [0.2, 0.25) is 5.78 Å². The van der Waals surface area contributed by atoms with Gasteiger partial charge in [0.1, 0.15) is 6.29 Å². The summed E-state index contributed by atoms with van der Waals surface area (Å²) in [5.41, 5.74) is 1.88. The molecule has 118 valence electrons. The number of hydrogen-bond acceptors (Lipinski definition) is 5. The summed E-state index contributed by atoms with van der Waals surface area (Å²) in [5, 5.41) is 10.8. The number of nitrogens with zero attached hydrogens (tertiary/aromatic N) is 2. The number of aromatic nitrogens is 2. The van der Waals surface area contributed by atoms with Crippen molar-refractivity contribution in [1.29, 1.82) is 0 Å². The minimum absolute atomic E-state index is 0.0810. The molecule has 3 aromatic rings. The molecular weight excluding hydrogens is 310 g/mol. The van der Waals surface area contributed by atoms with Gasteiger partial charge in [-0.25, -0.2) is 4.98 Å². The minimum atomic E-state index is -0.558. The molecule has 0 saturated heterocycles. The van der Waals surface area contributed by atoms with E-state index in [0.717, 1.165) is 0 Å². The zero-order valence-electron chi connectivity index (χ0n) is 12.3. The lowest BCUT2D eigenvalue weighted by atomic mass is 10.1. The van der Waals surface area contributed by atoms with E-state index in [1.165, 1.54) is 30.3 Å². The van der Waals surface area contributed by atoms with Crippen molar-refractivity contribution in [3.8, 4) is 0 Å². The number of fused-ring (bicyclic) bond motifs is 1. The maximum atomic E-state index is 12.5. The predicted octanol–water partition coefficient (Wildman–Crippen LogP) is 2.91. The normalized spacial score (nSPS) is 11.0. The lowest BCUT2D eigenvalue weighted by Crippen LogP contribution is -2.04. The van der Waals surface area contributed by atoms with Crippen molar-refractivity contribution in [3.05, 3.63) is 75.6 Å². The molecular formula is C17H11N3O4.